The summed E-state index contributed by atoms with van der Waals surface area (Å²) in [5, 5.41) is 8.31. The third-order valence-electron chi connectivity index (χ3n) is 2.55. The molecular weight excluding hydrogens is 227 g/mol. The van der Waals surface area contributed by atoms with E-state index in [-0.39, 0.29) is 32.2 Å². The number of likely N-dealkylation sites (tertiary alicyclic amines) is 1. The predicted octanol–water partition coefficient (Wildman–Crippen LogP) is 1.32. The first kappa shape index (κ1) is 13.2. The third kappa shape index (κ3) is 4.36. The van der Waals surface area contributed by atoms with E-state index < -0.39 is 12.3 Å². The van der Waals surface area contributed by atoms with Gasteiger partial charge in [-0.3, -0.25) is 0 Å². The molecule has 0 saturated carbocycles. The van der Waals surface area contributed by atoms with Crippen LogP contribution in [-0.2, 0) is 9.53 Å². The molecule has 1 heterocycles. The Hall–Kier alpha value is -0.820. The van der Waals surface area contributed by atoms with E-state index in [2.05, 4.69) is 0 Å². The quantitative estimate of drug-likeness (QED) is 0.754. The topological polar surface area (TPSA) is 49.8 Å². The second-order valence-corrected chi connectivity index (χ2v) is 3.81. The maximum Gasteiger partial charge on any atom is 0.459 e. The van der Waals surface area contributed by atoms with Gasteiger partial charge in [0, 0.05) is 13.1 Å². The number of alkyl halides is 3. The molecule has 1 saturated heterocycles. The molecule has 0 aromatic carbocycles. The van der Waals surface area contributed by atoms with Gasteiger partial charge >= 0.3 is 12.3 Å². The number of nitrogens with zero attached hydrogens (tertiary/aromatic N) is 1. The van der Waals surface area contributed by atoms with Crippen molar-refractivity contribution in [1.29, 1.82) is 0 Å². The number of carbonyl (C=O) groups is 1. The Kier molecular flexibility index (Phi) is 4.55. The normalized spacial score (nSPS) is 19.9. The minimum Gasteiger partial charge on any atom is -0.480 e. The van der Waals surface area contributed by atoms with Gasteiger partial charge in [0.25, 0.3) is 0 Å². The molecule has 0 spiro atoms. The van der Waals surface area contributed by atoms with Gasteiger partial charge in [0.15, 0.2) is 0 Å². The van der Waals surface area contributed by atoms with Gasteiger partial charge in [-0.1, -0.05) is 0 Å². The lowest BCUT2D eigenvalue weighted by molar-refractivity contribution is -0.252. The van der Waals surface area contributed by atoms with Crippen molar-refractivity contribution in [1.82, 2.24) is 4.90 Å². The summed E-state index contributed by atoms with van der Waals surface area (Å²) in [6, 6.07) is 0. The zero-order valence-corrected chi connectivity index (χ0v) is 8.66. The fourth-order valence-electron chi connectivity index (χ4n) is 1.67. The van der Waals surface area contributed by atoms with E-state index in [4.69, 9.17) is 9.84 Å². The van der Waals surface area contributed by atoms with Crippen LogP contribution in [0.25, 0.3) is 0 Å². The fourth-order valence-corrected chi connectivity index (χ4v) is 1.67. The summed E-state index contributed by atoms with van der Waals surface area (Å²) in [4.78, 5) is 10.6. The molecule has 0 aliphatic carbocycles. The van der Waals surface area contributed by atoms with E-state index in [1.807, 2.05) is 0 Å². The van der Waals surface area contributed by atoms with E-state index in [0.717, 1.165) is 0 Å². The van der Waals surface area contributed by atoms with Crippen molar-refractivity contribution >= 4 is 5.97 Å². The van der Waals surface area contributed by atoms with Crippen LogP contribution in [-0.4, -0.2) is 48.6 Å². The van der Waals surface area contributed by atoms with Crippen LogP contribution < -0.4 is 0 Å². The summed E-state index contributed by atoms with van der Waals surface area (Å²) in [5.74, 6) is -1.04. The molecule has 0 bridgehead atoms. The number of carboxylic acid groups (broad SMARTS) is 1. The Morgan fingerprint density at radius 1 is 1.38 bits per heavy atom. The molecular formula is C9H14F3NO3. The molecule has 0 atom stereocenters. The van der Waals surface area contributed by atoms with Gasteiger partial charge in [0.05, 0.1) is 6.61 Å². The summed E-state index contributed by atoms with van der Waals surface area (Å²) in [6.07, 6.45) is -3.48. The van der Waals surface area contributed by atoms with Crippen molar-refractivity contribution in [3.63, 3.8) is 0 Å². The van der Waals surface area contributed by atoms with Gasteiger partial charge < -0.3 is 9.84 Å². The zero-order valence-electron chi connectivity index (χ0n) is 8.66. The Labute approximate surface area is 91.0 Å². The monoisotopic (exact) mass is 241 g/mol. The van der Waals surface area contributed by atoms with Gasteiger partial charge in [-0.15, -0.1) is 0 Å². The first-order valence-corrected chi connectivity index (χ1v) is 5.01. The van der Waals surface area contributed by atoms with Crippen LogP contribution >= 0.6 is 0 Å². The number of rotatable bonds is 4. The highest BCUT2D eigenvalue weighted by Crippen LogP contribution is 2.27. The van der Waals surface area contributed by atoms with Crippen molar-refractivity contribution in [2.24, 2.45) is 5.92 Å². The number of hydrogen-bond donors (Lipinski definition) is 1. The highest BCUT2D eigenvalue weighted by Gasteiger charge is 2.39. The largest absolute Gasteiger partial charge is 0.480 e. The molecule has 1 fully saturated rings. The molecule has 0 radical (unpaired) electrons. The first-order valence-electron chi connectivity index (χ1n) is 5.01. The Balaban J connectivity index is 2.19. The van der Waals surface area contributed by atoms with Crippen LogP contribution in [0, 0.1) is 5.92 Å². The molecule has 16 heavy (non-hydrogen) atoms. The lowest BCUT2D eigenvalue weighted by Crippen LogP contribution is -2.44. The van der Waals surface area contributed by atoms with Gasteiger partial charge in [-0.2, -0.15) is 13.2 Å². The molecule has 0 aromatic heterocycles. The molecule has 1 N–H and O–H groups in total. The van der Waals surface area contributed by atoms with E-state index in [1.54, 1.807) is 0 Å². The van der Waals surface area contributed by atoms with Gasteiger partial charge in [-0.05, 0) is 18.8 Å². The molecule has 7 heteroatoms. The molecule has 0 amide bonds. The summed E-state index contributed by atoms with van der Waals surface area (Å²) < 4.78 is 41.6. The average Bonchev–Trinajstić information content (AvgIpc) is 2.16. The Bertz CT molecular complexity index is 237. The molecule has 0 unspecified atom stereocenters. The Morgan fingerprint density at radius 2 is 1.94 bits per heavy atom. The highest BCUT2D eigenvalue weighted by atomic mass is 19.4. The fraction of sp³-hybridized carbons (Fsp3) is 0.889. The van der Waals surface area contributed by atoms with Gasteiger partial charge in [-0.25, -0.2) is 9.69 Å². The van der Waals surface area contributed by atoms with E-state index in [0.29, 0.717) is 17.7 Å². The first-order chi connectivity index (χ1) is 7.39. The third-order valence-corrected chi connectivity index (χ3v) is 2.55. The maximum atomic E-state index is 12.2. The Morgan fingerprint density at radius 3 is 2.38 bits per heavy atom. The minimum atomic E-state index is -4.26. The number of halogens is 3. The summed E-state index contributed by atoms with van der Waals surface area (Å²) in [7, 11) is 0. The number of ether oxygens (including phenoxy) is 1. The molecule has 94 valence electrons. The number of carboxylic acids is 1. The number of hydrogen-bond acceptors (Lipinski definition) is 3. The van der Waals surface area contributed by atoms with Crippen molar-refractivity contribution in [2.45, 2.75) is 19.1 Å². The lowest BCUT2D eigenvalue weighted by atomic mass is 9.98. The van der Waals surface area contributed by atoms with E-state index in [1.165, 1.54) is 0 Å². The van der Waals surface area contributed by atoms with Gasteiger partial charge in [0.2, 0.25) is 0 Å². The van der Waals surface area contributed by atoms with E-state index >= 15 is 0 Å². The predicted molar refractivity (Wildman–Crippen MR) is 48.8 cm³/mol. The van der Waals surface area contributed by atoms with Crippen LogP contribution in [0.2, 0.25) is 0 Å². The second-order valence-electron chi connectivity index (χ2n) is 3.81. The zero-order chi connectivity index (χ0) is 12.2. The lowest BCUT2D eigenvalue weighted by Gasteiger charge is -2.32. The van der Waals surface area contributed by atoms with Crippen LogP contribution in [0.15, 0.2) is 0 Å². The SMILES string of the molecule is O=C(O)COCC1CCN(C(F)(F)F)CC1. The second kappa shape index (κ2) is 5.49. The molecule has 1 aliphatic heterocycles. The summed E-state index contributed by atoms with van der Waals surface area (Å²) in [5.41, 5.74) is 0. The van der Waals surface area contributed by atoms with Crippen LogP contribution in [0.3, 0.4) is 0 Å². The van der Waals surface area contributed by atoms with Crippen LogP contribution in [0.4, 0.5) is 13.2 Å². The standard InChI is InChI=1S/C9H14F3NO3/c10-9(11,12)13-3-1-7(2-4-13)5-16-6-8(14)15/h7H,1-6H2,(H,14,15). The molecule has 0 aromatic rings. The van der Waals surface area contributed by atoms with Crippen molar-refractivity contribution < 1.29 is 27.8 Å². The average molecular weight is 241 g/mol. The molecule has 1 rings (SSSR count). The summed E-state index contributed by atoms with van der Waals surface area (Å²) in [6.45, 7) is -0.243. The molecule has 4 nitrogen and oxygen atoms in total. The van der Waals surface area contributed by atoms with Crippen molar-refractivity contribution in [2.75, 3.05) is 26.3 Å². The molecule has 1 aliphatic rings. The minimum absolute atomic E-state index is 0.0259. The van der Waals surface area contributed by atoms with E-state index in [9.17, 15) is 18.0 Å². The maximum absolute atomic E-state index is 12.2. The number of aliphatic carboxylic acids is 1. The smallest absolute Gasteiger partial charge is 0.459 e. The van der Waals surface area contributed by atoms with Gasteiger partial charge in [0.1, 0.15) is 6.61 Å². The van der Waals surface area contributed by atoms with Crippen molar-refractivity contribution in [3.05, 3.63) is 0 Å². The number of piperidine rings is 1. The highest BCUT2D eigenvalue weighted by molar-refractivity contribution is 5.67. The van der Waals surface area contributed by atoms with Crippen LogP contribution in [0.5, 0.6) is 0 Å². The summed E-state index contributed by atoms with van der Waals surface area (Å²) >= 11 is 0. The van der Waals surface area contributed by atoms with Crippen LogP contribution in [0.1, 0.15) is 12.8 Å². The van der Waals surface area contributed by atoms with Crippen molar-refractivity contribution in [3.8, 4) is 0 Å².